The number of carbonyl (C=O) groups is 2. The van der Waals surface area contributed by atoms with Gasteiger partial charge in [0.15, 0.2) is 0 Å². The lowest BCUT2D eigenvalue weighted by Crippen LogP contribution is -2.37. The molecule has 3 unspecified atom stereocenters. The summed E-state index contributed by atoms with van der Waals surface area (Å²) in [6.45, 7) is 6.76. The number of carbonyl (C=O) groups excluding carboxylic acids is 2. The molecule has 1 saturated heterocycles. The molecule has 0 N–H and O–H groups in total. The quantitative estimate of drug-likeness (QED) is 0.602. The maximum atomic E-state index is 12.0. The summed E-state index contributed by atoms with van der Waals surface area (Å²) in [4.78, 5) is 25.5. The number of thiol groups is 1. The molecular weight excluding hydrogens is 234 g/mol. The molecule has 2 fully saturated rings. The maximum Gasteiger partial charge on any atom is 0.233 e. The number of hydrogen-bond donors (Lipinski definition) is 1. The third kappa shape index (κ3) is 2.01. The number of nitrogens with zero attached hydrogens (tertiary/aromatic N) is 1. The lowest BCUT2D eigenvalue weighted by Gasteiger charge is -2.21. The zero-order chi connectivity index (χ0) is 12.8. The largest absolute Gasteiger partial charge is 0.282 e. The Bertz CT molecular complexity index is 329. The highest BCUT2D eigenvalue weighted by atomic mass is 32.1. The zero-order valence-corrected chi connectivity index (χ0v) is 11.7. The fourth-order valence-corrected chi connectivity index (χ4v) is 3.38. The summed E-state index contributed by atoms with van der Waals surface area (Å²) < 4.78 is 0. The molecule has 0 bridgehead atoms. The first-order valence-electron chi connectivity index (χ1n) is 6.37. The monoisotopic (exact) mass is 255 g/mol. The van der Waals surface area contributed by atoms with Gasteiger partial charge in [0, 0.05) is 6.54 Å². The molecule has 3 atom stereocenters. The number of imide groups is 1. The lowest BCUT2D eigenvalue weighted by atomic mass is 10.0. The second-order valence-corrected chi connectivity index (χ2v) is 6.46. The third-order valence-corrected chi connectivity index (χ3v) is 4.62. The van der Waals surface area contributed by atoms with E-state index in [9.17, 15) is 9.59 Å². The van der Waals surface area contributed by atoms with Crippen LogP contribution in [0.25, 0.3) is 0 Å². The molecule has 0 aromatic carbocycles. The van der Waals surface area contributed by atoms with Crippen LogP contribution >= 0.6 is 12.6 Å². The summed E-state index contributed by atoms with van der Waals surface area (Å²) in [5, 5.41) is 0. The van der Waals surface area contributed by atoms with Crippen LogP contribution in [-0.2, 0) is 9.59 Å². The molecule has 17 heavy (non-hydrogen) atoms. The smallest absolute Gasteiger partial charge is 0.233 e. The molecule has 0 aromatic rings. The van der Waals surface area contributed by atoms with Crippen LogP contribution in [0.4, 0.5) is 0 Å². The van der Waals surface area contributed by atoms with Gasteiger partial charge in [0.2, 0.25) is 11.8 Å². The van der Waals surface area contributed by atoms with Gasteiger partial charge in [0.05, 0.1) is 11.8 Å². The number of likely N-dealkylation sites (tertiary alicyclic amines) is 1. The molecule has 1 aliphatic carbocycles. The molecule has 1 saturated carbocycles. The van der Waals surface area contributed by atoms with Gasteiger partial charge in [-0.15, -0.1) is 0 Å². The highest BCUT2D eigenvalue weighted by molar-refractivity contribution is 7.80. The predicted octanol–water partition coefficient (Wildman–Crippen LogP) is 1.97. The van der Waals surface area contributed by atoms with Crippen LogP contribution in [0.3, 0.4) is 0 Å². The summed E-state index contributed by atoms with van der Waals surface area (Å²) >= 11 is 4.19. The van der Waals surface area contributed by atoms with Crippen molar-refractivity contribution >= 4 is 24.4 Å². The van der Waals surface area contributed by atoms with Crippen LogP contribution in [-0.4, -0.2) is 29.0 Å². The van der Waals surface area contributed by atoms with E-state index in [0.29, 0.717) is 12.5 Å². The molecule has 3 nitrogen and oxygen atoms in total. The Balaban J connectivity index is 1.89. The standard InChI is InChI=1S/C13H21NO2S/c1-8(5-7-17)4-6-14-11(15)9-10(12(14)16)13(9,2)3/h8-10,17H,4-7H2,1-3H3. The van der Waals surface area contributed by atoms with Gasteiger partial charge in [-0.05, 0) is 29.9 Å². The fourth-order valence-electron chi connectivity index (χ4n) is 2.94. The van der Waals surface area contributed by atoms with Crippen LogP contribution in [0, 0.1) is 23.2 Å². The number of piperidine rings is 1. The van der Waals surface area contributed by atoms with Gasteiger partial charge in [-0.25, -0.2) is 0 Å². The first-order valence-corrected chi connectivity index (χ1v) is 7.00. The predicted molar refractivity (Wildman–Crippen MR) is 69.7 cm³/mol. The topological polar surface area (TPSA) is 37.4 Å². The van der Waals surface area contributed by atoms with Gasteiger partial charge >= 0.3 is 0 Å². The Hall–Kier alpha value is -0.510. The molecular formula is C13H21NO2S. The molecule has 0 spiro atoms. The number of hydrogen-bond acceptors (Lipinski definition) is 3. The van der Waals surface area contributed by atoms with Crippen molar-refractivity contribution in [2.45, 2.75) is 33.6 Å². The molecule has 2 amide bonds. The van der Waals surface area contributed by atoms with Gasteiger partial charge in [-0.3, -0.25) is 14.5 Å². The van der Waals surface area contributed by atoms with E-state index in [-0.39, 0.29) is 29.1 Å². The Kier molecular flexibility index (Phi) is 3.27. The summed E-state index contributed by atoms with van der Waals surface area (Å²) in [6, 6.07) is 0. The van der Waals surface area contributed by atoms with E-state index in [2.05, 4.69) is 19.6 Å². The number of rotatable bonds is 5. The Morgan fingerprint density at radius 3 is 2.24 bits per heavy atom. The SMILES string of the molecule is CC(CCS)CCN1C(=O)C2C(C1=O)C2(C)C. The van der Waals surface area contributed by atoms with Crippen molar-refractivity contribution in [3.63, 3.8) is 0 Å². The molecule has 0 aromatic heterocycles. The average molecular weight is 255 g/mol. The second-order valence-electron chi connectivity index (χ2n) is 6.01. The Labute approximate surface area is 108 Å². The van der Waals surface area contributed by atoms with E-state index in [4.69, 9.17) is 0 Å². The van der Waals surface area contributed by atoms with Crippen molar-refractivity contribution in [3.05, 3.63) is 0 Å². The van der Waals surface area contributed by atoms with Gasteiger partial charge in [0.25, 0.3) is 0 Å². The van der Waals surface area contributed by atoms with Gasteiger partial charge in [0.1, 0.15) is 0 Å². The van der Waals surface area contributed by atoms with Crippen molar-refractivity contribution < 1.29 is 9.59 Å². The minimum absolute atomic E-state index is 0.0322. The van der Waals surface area contributed by atoms with Crippen molar-refractivity contribution in [2.24, 2.45) is 23.2 Å². The molecule has 96 valence electrons. The van der Waals surface area contributed by atoms with E-state index >= 15 is 0 Å². The summed E-state index contributed by atoms with van der Waals surface area (Å²) in [5.74, 6) is 1.44. The Morgan fingerprint density at radius 2 is 1.76 bits per heavy atom. The summed E-state index contributed by atoms with van der Waals surface area (Å²) in [5.41, 5.74) is -0.0820. The van der Waals surface area contributed by atoms with E-state index < -0.39 is 0 Å². The normalized spacial score (nSPS) is 31.6. The first-order chi connectivity index (χ1) is 7.91. The van der Waals surface area contributed by atoms with Gasteiger partial charge in [-0.1, -0.05) is 20.8 Å². The number of fused-ring (bicyclic) bond motifs is 1. The van der Waals surface area contributed by atoms with E-state index in [1.807, 2.05) is 13.8 Å². The minimum atomic E-state index is -0.0820. The van der Waals surface area contributed by atoms with Gasteiger partial charge < -0.3 is 0 Å². The van der Waals surface area contributed by atoms with E-state index in [1.54, 1.807) is 0 Å². The van der Waals surface area contributed by atoms with E-state index in [0.717, 1.165) is 18.6 Å². The molecule has 1 heterocycles. The van der Waals surface area contributed by atoms with Crippen molar-refractivity contribution in [3.8, 4) is 0 Å². The van der Waals surface area contributed by atoms with Crippen molar-refractivity contribution in [2.75, 3.05) is 12.3 Å². The lowest BCUT2D eigenvalue weighted by molar-refractivity contribution is -0.143. The summed E-state index contributed by atoms with van der Waals surface area (Å²) in [6.07, 6.45) is 1.94. The van der Waals surface area contributed by atoms with E-state index in [1.165, 1.54) is 4.90 Å². The van der Waals surface area contributed by atoms with Gasteiger partial charge in [-0.2, -0.15) is 12.6 Å². The third-order valence-electron chi connectivity index (χ3n) is 4.36. The second kappa shape index (κ2) is 4.30. The Morgan fingerprint density at radius 1 is 1.24 bits per heavy atom. The van der Waals surface area contributed by atoms with Crippen LogP contribution in [0.5, 0.6) is 0 Å². The molecule has 4 heteroatoms. The zero-order valence-electron chi connectivity index (χ0n) is 10.8. The van der Waals surface area contributed by atoms with Crippen LogP contribution in [0.2, 0.25) is 0 Å². The molecule has 1 aliphatic heterocycles. The fraction of sp³-hybridized carbons (Fsp3) is 0.846. The van der Waals surface area contributed by atoms with Crippen LogP contribution in [0.1, 0.15) is 33.6 Å². The maximum absolute atomic E-state index is 12.0. The highest BCUT2D eigenvalue weighted by Gasteiger charge is 2.72. The minimum Gasteiger partial charge on any atom is -0.282 e. The molecule has 2 aliphatic rings. The number of amides is 2. The molecule has 2 rings (SSSR count). The summed E-state index contributed by atoms with van der Waals surface area (Å²) in [7, 11) is 0. The first kappa shape index (κ1) is 12.9. The van der Waals surface area contributed by atoms with Crippen LogP contribution in [0.15, 0.2) is 0 Å². The van der Waals surface area contributed by atoms with Crippen LogP contribution < -0.4 is 0 Å². The van der Waals surface area contributed by atoms with Crippen molar-refractivity contribution in [1.82, 2.24) is 4.90 Å². The highest BCUT2D eigenvalue weighted by Crippen LogP contribution is 2.63. The molecule has 0 radical (unpaired) electrons. The average Bonchev–Trinajstić information content (AvgIpc) is 2.69. The van der Waals surface area contributed by atoms with Crippen molar-refractivity contribution in [1.29, 1.82) is 0 Å².